The smallest absolute Gasteiger partial charge is 0.231 e. The van der Waals surface area contributed by atoms with Gasteiger partial charge in [0.25, 0.3) is 0 Å². The van der Waals surface area contributed by atoms with Gasteiger partial charge in [0, 0.05) is 5.56 Å². The van der Waals surface area contributed by atoms with E-state index in [-0.39, 0.29) is 28.4 Å². The third-order valence-electron chi connectivity index (χ3n) is 5.69. The summed E-state index contributed by atoms with van der Waals surface area (Å²) in [6, 6.07) is 5.93. The largest absolute Gasteiger partial charge is 0.493 e. The molecule has 0 spiro atoms. The van der Waals surface area contributed by atoms with Crippen LogP contribution in [-0.2, 0) is 6.61 Å². The minimum absolute atomic E-state index is 0.0181. The Morgan fingerprint density at radius 2 is 1.38 bits per heavy atom. The molecular weight excluding hydrogens is 503 g/mol. The summed E-state index contributed by atoms with van der Waals surface area (Å²) in [7, 11) is 4.34. The second-order valence-electron chi connectivity index (χ2n) is 7.80. The maximum absolute atomic E-state index is 14.0. The van der Waals surface area contributed by atoms with E-state index in [1.165, 1.54) is 46.5 Å². The van der Waals surface area contributed by atoms with E-state index in [9.17, 15) is 26.7 Å². The third kappa shape index (κ3) is 4.41. The monoisotopic (exact) mass is 522 g/mol. The van der Waals surface area contributed by atoms with Gasteiger partial charge in [-0.05, 0) is 42.8 Å². The first-order valence-electron chi connectivity index (χ1n) is 10.6. The molecule has 0 N–H and O–H groups in total. The minimum atomic E-state index is -2.26. The highest BCUT2D eigenvalue weighted by Crippen LogP contribution is 2.42. The van der Waals surface area contributed by atoms with E-state index in [2.05, 4.69) is 0 Å². The third-order valence-corrected chi connectivity index (χ3v) is 5.69. The van der Waals surface area contributed by atoms with E-state index >= 15 is 0 Å². The van der Waals surface area contributed by atoms with Crippen molar-refractivity contribution in [2.24, 2.45) is 0 Å². The molecule has 0 unspecified atom stereocenters. The summed E-state index contributed by atoms with van der Waals surface area (Å²) >= 11 is 0. The number of methoxy groups -OCH3 is 3. The van der Waals surface area contributed by atoms with Gasteiger partial charge in [-0.2, -0.15) is 0 Å². The van der Waals surface area contributed by atoms with Gasteiger partial charge < -0.3 is 23.7 Å². The molecule has 4 rings (SSSR count). The maximum Gasteiger partial charge on any atom is 0.231 e. The van der Waals surface area contributed by atoms with Gasteiger partial charge in [-0.15, -0.1) is 0 Å². The molecule has 0 aromatic heterocycles. The molecule has 0 radical (unpaired) electrons. The molecule has 0 aliphatic carbocycles. The van der Waals surface area contributed by atoms with Crippen LogP contribution < -0.4 is 23.7 Å². The molecule has 1 aliphatic heterocycles. The van der Waals surface area contributed by atoms with Crippen LogP contribution in [-0.4, -0.2) is 27.1 Å². The van der Waals surface area contributed by atoms with Crippen molar-refractivity contribution in [1.82, 2.24) is 0 Å². The van der Waals surface area contributed by atoms with Crippen molar-refractivity contribution in [1.29, 1.82) is 0 Å². The number of halogens is 5. The lowest BCUT2D eigenvalue weighted by molar-refractivity contribution is 0.101. The van der Waals surface area contributed by atoms with Crippen LogP contribution in [0.2, 0.25) is 0 Å². The molecule has 0 saturated carbocycles. The normalized spacial score (nSPS) is 13.4. The van der Waals surface area contributed by atoms with Crippen LogP contribution in [0.1, 0.15) is 27.0 Å². The van der Waals surface area contributed by atoms with E-state index in [0.29, 0.717) is 22.8 Å². The summed E-state index contributed by atoms with van der Waals surface area (Å²) in [5, 5.41) is 0. The minimum Gasteiger partial charge on any atom is -0.493 e. The van der Waals surface area contributed by atoms with Crippen LogP contribution in [0.15, 0.2) is 30.0 Å². The molecule has 3 aromatic rings. The Labute approximate surface area is 207 Å². The molecule has 0 atom stereocenters. The first-order chi connectivity index (χ1) is 17.6. The summed E-state index contributed by atoms with van der Waals surface area (Å²) < 4.78 is 95.2. The highest BCUT2D eigenvalue weighted by atomic mass is 19.2. The van der Waals surface area contributed by atoms with E-state index in [1.807, 2.05) is 0 Å². The average Bonchev–Trinajstić information content (AvgIpc) is 3.22. The molecule has 0 fully saturated rings. The number of allylic oxidation sites excluding steroid dienone is 1. The maximum atomic E-state index is 14.0. The van der Waals surface area contributed by atoms with Crippen molar-refractivity contribution in [2.75, 3.05) is 21.3 Å². The Bertz CT molecular complexity index is 1400. The zero-order chi connectivity index (χ0) is 27.0. The van der Waals surface area contributed by atoms with Crippen molar-refractivity contribution < 1.29 is 50.4 Å². The number of Topliss-reactive ketones (excluding diaryl/α,β-unsaturated/α-hetero) is 1. The van der Waals surface area contributed by atoms with E-state index in [1.54, 1.807) is 12.1 Å². The van der Waals surface area contributed by atoms with Crippen molar-refractivity contribution >= 4 is 11.9 Å². The Balaban J connectivity index is 1.63. The fourth-order valence-corrected chi connectivity index (χ4v) is 3.79. The van der Waals surface area contributed by atoms with E-state index in [0.717, 1.165) is 0 Å². The fourth-order valence-electron chi connectivity index (χ4n) is 3.79. The number of rotatable bonds is 7. The molecule has 0 bridgehead atoms. The van der Waals surface area contributed by atoms with E-state index in [4.69, 9.17) is 23.7 Å². The first kappa shape index (κ1) is 25.8. The molecule has 11 heteroatoms. The number of carbonyl (C=O) groups excluding carboxylic acids is 1. The standard InChI is InChI=1S/C26H19F5O6/c1-11-15(36-10-14-19(27)21(29)23(31)22(30)20(14)28)6-5-13-24(32)16(37-25(11)13)7-12-8-17(33-2)26(35-4)18(9-12)34-3/h5-9H,10H2,1-4H3/b16-7-. The SMILES string of the molecule is COc1cc(/C=C2\Oc3c(ccc(OCc4c(F)c(F)c(F)c(F)c4F)c3C)C2=O)cc(OC)c1OC. The number of hydrogen-bond donors (Lipinski definition) is 0. The second kappa shape index (κ2) is 10.00. The number of hydrogen-bond acceptors (Lipinski definition) is 6. The van der Waals surface area contributed by atoms with Crippen LogP contribution in [0.3, 0.4) is 0 Å². The van der Waals surface area contributed by atoms with Gasteiger partial charge in [-0.1, -0.05) is 0 Å². The van der Waals surface area contributed by atoms with Crippen LogP contribution in [0, 0.1) is 36.0 Å². The number of benzene rings is 3. The molecule has 37 heavy (non-hydrogen) atoms. The lowest BCUT2D eigenvalue weighted by Crippen LogP contribution is -2.10. The summed E-state index contributed by atoms with van der Waals surface area (Å²) in [5.74, 6) is -9.64. The van der Waals surface area contributed by atoms with Gasteiger partial charge in [0.2, 0.25) is 17.3 Å². The highest BCUT2D eigenvalue weighted by molar-refractivity contribution is 6.15. The number of carbonyl (C=O) groups is 1. The highest BCUT2D eigenvalue weighted by Gasteiger charge is 2.31. The van der Waals surface area contributed by atoms with Crippen molar-refractivity contribution in [2.45, 2.75) is 13.5 Å². The quantitative estimate of drug-likeness (QED) is 0.166. The Hall–Kier alpha value is -4.28. The Morgan fingerprint density at radius 1 is 0.811 bits per heavy atom. The molecule has 1 aliphatic rings. The van der Waals surface area contributed by atoms with Crippen LogP contribution in [0.5, 0.6) is 28.7 Å². The van der Waals surface area contributed by atoms with Gasteiger partial charge >= 0.3 is 0 Å². The lowest BCUT2D eigenvalue weighted by atomic mass is 10.1. The molecule has 0 saturated heterocycles. The number of fused-ring (bicyclic) bond motifs is 1. The molecule has 6 nitrogen and oxygen atoms in total. The molecule has 1 heterocycles. The Kier molecular flexibility index (Phi) is 6.97. The lowest BCUT2D eigenvalue weighted by Gasteiger charge is -2.13. The fraction of sp³-hybridized carbons (Fsp3) is 0.192. The Morgan fingerprint density at radius 3 is 1.92 bits per heavy atom. The van der Waals surface area contributed by atoms with Crippen molar-refractivity contribution in [3.63, 3.8) is 0 Å². The van der Waals surface area contributed by atoms with Crippen molar-refractivity contribution in [3.05, 3.63) is 81.4 Å². The van der Waals surface area contributed by atoms with Gasteiger partial charge in [0.1, 0.15) is 18.1 Å². The van der Waals surface area contributed by atoms with E-state index < -0.39 is 47.0 Å². The molecule has 0 amide bonds. The number of ketones is 1. The zero-order valence-electron chi connectivity index (χ0n) is 19.9. The molecular formula is C26H19F5O6. The van der Waals surface area contributed by atoms with Crippen LogP contribution in [0.4, 0.5) is 22.0 Å². The summed E-state index contributed by atoms with van der Waals surface area (Å²) in [6.45, 7) is 0.565. The summed E-state index contributed by atoms with van der Waals surface area (Å²) in [6.07, 6.45) is 1.46. The van der Waals surface area contributed by atoms with Crippen LogP contribution >= 0.6 is 0 Å². The van der Waals surface area contributed by atoms with Gasteiger partial charge in [0.05, 0.1) is 32.5 Å². The average molecular weight is 522 g/mol. The topological polar surface area (TPSA) is 63.2 Å². The van der Waals surface area contributed by atoms with Gasteiger partial charge in [-0.3, -0.25) is 4.79 Å². The molecule has 194 valence electrons. The van der Waals surface area contributed by atoms with Gasteiger partial charge in [-0.25, -0.2) is 22.0 Å². The summed E-state index contributed by atoms with van der Waals surface area (Å²) in [4.78, 5) is 12.9. The summed E-state index contributed by atoms with van der Waals surface area (Å²) in [5.41, 5.74) is -0.148. The predicted octanol–water partition coefficient (Wildman–Crippen LogP) is 5.91. The first-order valence-corrected chi connectivity index (χ1v) is 10.6. The van der Waals surface area contributed by atoms with Crippen molar-refractivity contribution in [3.8, 4) is 28.7 Å². The second-order valence-corrected chi connectivity index (χ2v) is 7.80. The zero-order valence-corrected chi connectivity index (χ0v) is 19.9. The number of ether oxygens (including phenoxy) is 5. The van der Waals surface area contributed by atoms with Crippen LogP contribution in [0.25, 0.3) is 6.08 Å². The van der Waals surface area contributed by atoms with Gasteiger partial charge in [0.15, 0.2) is 40.5 Å². The predicted molar refractivity (Wildman–Crippen MR) is 121 cm³/mol. The molecule has 3 aromatic carbocycles.